The van der Waals surface area contributed by atoms with Crippen LogP contribution < -0.4 is 16.4 Å². The molecule has 1 fully saturated rings. The van der Waals surface area contributed by atoms with E-state index in [1.807, 2.05) is 32.0 Å². The number of nitrogens with zero attached hydrogens (tertiary/aromatic N) is 1. The molecule has 2 rings (SSSR count). The van der Waals surface area contributed by atoms with Crippen molar-refractivity contribution in [3.8, 4) is 12.5 Å². The summed E-state index contributed by atoms with van der Waals surface area (Å²) in [7, 11) is 0. The van der Waals surface area contributed by atoms with Gasteiger partial charge in [0.05, 0.1) is 6.42 Å². The predicted molar refractivity (Wildman–Crippen MR) is 136 cm³/mol. The van der Waals surface area contributed by atoms with Gasteiger partial charge in [-0.3, -0.25) is 19.3 Å². The Hall–Kier alpha value is -3.54. The van der Waals surface area contributed by atoms with Crippen LogP contribution in [-0.2, 0) is 19.1 Å². The third-order valence-corrected chi connectivity index (χ3v) is 6.04. The van der Waals surface area contributed by atoms with Crippen molar-refractivity contribution in [1.82, 2.24) is 15.5 Å². The molecule has 196 valence electrons. The summed E-state index contributed by atoms with van der Waals surface area (Å²) in [6.07, 6.45) is 9.21. The molecule has 1 aromatic rings. The molecule has 0 bridgehead atoms. The van der Waals surface area contributed by atoms with Gasteiger partial charge in [0.25, 0.3) is 5.91 Å². The SMILES string of the molecule is C#CN(C(=O)C(CC(N)=O)NC(=O)OC(C)(C)C)C(C(=O)NC1CCCCC1)c1c(C)cccc1C. The number of rotatable bonds is 8. The fraction of sp³-hybridized carbons (Fsp3) is 0.556. The monoisotopic (exact) mass is 498 g/mol. The van der Waals surface area contributed by atoms with Crippen LogP contribution in [0.2, 0.25) is 0 Å². The largest absolute Gasteiger partial charge is 0.444 e. The highest BCUT2D eigenvalue weighted by molar-refractivity contribution is 5.95. The second kappa shape index (κ2) is 12.4. The molecule has 36 heavy (non-hydrogen) atoms. The highest BCUT2D eigenvalue weighted by Gasteiger charge is 2.38. The van der Waals surface area contributed by atoms with Crippen molar-refractivity contribution in [2.24, 2.45) is 5.73 Å². The van der Waals surface area contributed by atoms with Gasteiger partial charge in [0, 0.05) is 12.1 Å². The standard InChI is InChI=1S/C27H38N4O5/c1-7-31(25(34)20(16-21(28)32)30-26(35)36-27(4,5)6)23(22-17(2)12-11-13-18(22)3)24(33)29-19-14-9-8-10-15-19/h1,11-13,19-20,23H,8-10,14-16H2,2-6H3,(H2,28,32)(H,29,33)(H,30,35). The predicted octanol–water partition coefficient (Wildman–Crippen LogP) is 2.98. The summed E-state index contributed by atoms with van der Waals surface area (Å²) in [5.74, 6) is -2.05. The molecule has 1 aromatic carbocycles. The Morgan fingerprint density at radius 3 is 2.22 bits per heavy atom. The fourth-order valence-corrected chi connectivity index (χ4v) is 4.45. The molecule has 0 heterocycles. The van der Waals surface area contributed by atoms with Crippen LogP contribution in [0.15, 0.2) is 18.2 Å². The summed E-state index contributed by atoms with van der Waals surface area (Å²) in [6, 6.07) is 5.25. The Labute approximate surface area is 213 Å². The molecule has 4 N–H and O–H groups in total. The molecule has 1 aliphatic carbocycles. The lowest BCUT2D eigenvalue weighted by atomic mass is 9.92. The quantitative estimate of drug-likeness (QED) is 0.375. The van der Waals surface area contributed by atoms with E-state index in [0.717, 1.165) is 48.1 Å². The lowest BCUT2D eigenvalue weighted by molar-refractivity contribution is -0.139. The summed E-state index contributed by atoms with van der Waals surface area (Å²) in [5.41, 5.74) is 6.67. The minimum absolute atomic E-state index is 0.0193. The van der Waals surface area contributed by atoms with Gasteiger partial charge in [0.15, 0.2) is 0 Å². The Morgan fingerprint density at radius 1 is 1.14 bits per heavy atom. The van der Waals surface area contributed by atoms with E-state index in [2.05, 4.69) is 16.7 Å². The van der Waals surface area contributed by atoms with E-state index in [-0.39, 0.29) is 6.04 Å². The lowest BCUT2D eigenvalue weighted by Crippen LogP contribution is -2.53. The smallest absolute Gasteiger partial charge is 0.408 e. The van der Waals surface area contributed by atoms with Crippen LogP contribution in [0.3, 0.4) is 0 Å². The van der Waals surface area contributed by atoms with Gasteiger partial charge in [-0.25, -0.2) is 4.79 Å². The molecule has 2 atom stereocenters. The van der Waals surface area contributed by atoms with Crippen LogP contribution in [0, 0.1) is 26.3 Å². The molecule has 0 aromatic heterocycles. The number of ether oxygens (including phenoxy) is 1. The van der Waals surface area contributed by atoms with Crippen LogP contribution in [0.1, 0.15) is 82.0 Å². The number of nitrogens with one attached hydrogen (secondary N) is 2. The normalized spacial score (nSPS) is 15.7. The number of carbonyl (C=O) groups is 4. The molecular formula is C27H38N4O5. The number of primary amides is 1. The fourth-order valence-electron chi connectivity index (χ4n) is 4.45. The Morgan fingerprint density at radius 2 is 1.72 bits per heavy atom. The van der Waals surface area contributed by atoms with Crippen molar-refractivity contribution in [3.63, 3.8) is 0 Å². The van der Waals surface area contributed by atoms with Gasteiger partial charge in [-0.1, -0.05) is 43.9 Å². The molecule has 1 saturated carbocycles. The molecule has 0 spiro atoms. The maximum atomic E-state index is 13.7. The summed E-state index contributed by atoms with van der Waals surface area (Å²) < 4.78 is 5.24. The zero-order chi connectivity index (χ0) is 27.0. The lowest BCUT2D eigenvalue weighted by Gasteiger charge is -2.33. The Kier molecular flexibility index (Phi) is 9.91. The number of carbonyl (C=O) groups excluding carboxylic acids is 4. The number of nitrogens with two attached hydrogens (primary N) is 1. The Balaban J connectivity index is 2.46. The molecular weight excluding hydrogens is 460 g/mol. The van der Waals surface area contributed by atoms with Gasteiger partial charge in [-0.05, 0) is 64.2 Å². The van der Waals surface area contributed by atoms with E-state index in [1.54, 1.807) is 20.8 Å². The highest BCUT2D eigenvalue weighted by Crippen LogP contribution is 2.29. The first-order valence-electron chi connectivity index (χ1n) is 12.3. The maximum Gasteiger partial charge on any atom is 0.408 e. The van der Waals surface area contributed by atoms with Gasteiger partial charge in [0.2, 0.25) is 11.8 Å². The van der Waals surface area contributed by atoms with E-state index < -0.39 is 47.9 Å². The average Bonchev–Trinajstić information content (AvgIpc) is 2.76. The molecule has 9 nitrogen and oxygen atoms in total. The van der Waals surface area contributed by atoms with E-state index >= 15 is 0 Å². The van der Waals surface area contributed by atoms with Crippen LogP contribution in [-0.4, -0.2) is 46.4 Å². The molecule has 1 aliphatic rings. The van der Waals surface area contributed by atoms with Gasteiger partial charge < -0.3 is 21.1 Å². The van der Waals surface area contributed by atoms with E-state index in [1.165, 1.54) is 0 Å². The molecule has 0 radical (unpaired) electrons. The molecule has 0 saturated heterocycles. The molecule has 9 heteroatoms. The third-order valence-electron chi connectivity index (χ3n) is 6.04. The molecule has 0 aliphatic heterocycles. The van der Waals surface area contributed by atoms with Crippen LogP contribution in [0.4, 0.5) is 4.79 Å². The van der Waals surface area contributed by atoms with Crippen molar-refractivity contribution in [2.45, 2.75) is 96.9 Å². The van der Waals surface area contributed by atoms with Gasteiger partial charge >= 0.3 is 6.09 Å². The zero-order valence-corrected chi connectivity index (χ0v) is 21.8. The van der Waals surface area contributed by atoms with E-state index in [4.69, 9.17) is 16.9 Å². The minimum atomic E-state index is -1.41. The number of aryl methyl sites for hydroxylation is 2. The first kappa shape index (κ1) is 28.7. The second-order valence-electron chi connectivity index (χ2n) is 10.3. The Bertz CT molecular complexity index is 998. The van der Waals surface area contributed by atoms with Crippen molar-refractivity contribution in [3.05, 3.63) is 34.9 Å². The maximum absolute atomic E-state index is 13.7. The second-order valence-corrected chi connectivity index (χ2v) is 10.3. The zero-order valence-electron chi connectivity index (χ0n) is 21.8. The molecule has 4 amide bonds. The third kappa shape index (κ3) is 8.01. The van der Waals surface area contributed by atoms with Crippen LogP contribution in [0.5, 0.6) is 0 Å². The van der Waals surface area contributed by atoms with Crippen molar-refractivity contribution in [2.75, 3.05) is 0 Å². The van der Waals surface area contributed by atoms with Crippen LogP contribution >= 0.6 is 0 Å². The first-order valence-corrected chi connectivity index (χ1v) is 12.3. The summed E-state index contributed by atoms with van der Waals surface area (Å²) in [4.78, 5) is 52.5. The number of alkyl carbamates (subject to hydrolysis) is 1. The van der Waals surface area contributed by atoms with E-state index in [9.17, 15) is 19.2 Å². The van der Waals surface area contributed by atoms with Gasteiger partial charge in [0.1, 0.15) is 17.7 Å². The number of terminal acetylenes is 1. The summed E-state index contributed by atoms with van der Waals surface area (Å²) in [5, 5.41) is 5.46. The summed E-state index contributed by atoms with van der Waals surface area (Å²) >= 11 is 0. The van der Waals surface area contributed by atoms with Gasteiger partial charge in [-0.2, -0.15) is 0 Å². The number of hydrogen-bond donors (Lipinski definition) is 3. The number of amides is 4. The minimum Gasteiger partial charge on any atom is -0.444 e. The van der Waals surface area contributed by atoms with Crippen LogP contribution in [0.25, 0.3) is 0 Å². The topological polar surface area (TPSA) is 131 Å². The van der Waals surface area contributed by atoms with Crippen molar-refractivity contribution in [1.29, 1.82) is 0 Å². The average molecular weight is 499 g/mol. The van der Waals surface area contributed by atoms with Crippen molar-refractivity contribution < 1.29 is 23.9 Å². The summed E-state index contributed by atoms with van der Waals surface area (Å²) in [6.45, 7) is 8.66. The number of hydrogen-bond acceptors (Lipinski definition) is 5. The number of benzene rings is 1. The van der Waals surface area contributed by atoms with Gasteiger partial charge in [-0.15, -0.1) is 0 Å². The van der Waals surface area contributed by atoms with E-state index in [0.29, 0.717) is 5.56 Å². The molecule has 2 unspecified atom stereocenters. The highest BCUT2D eigenvalue weighted by atomic mass is 16.6. The van der Waals surface area contributed by atoms with Crippen molar-refractivity contribution >= 4 is 23.8 Å². The first-order chi connectivity index (χ1) is 16.8.